The molecule has 0 spiro atoms. The van der Waals surface area contributed by atoms with Gasteiger partial charge in [0.05, 0.1) is 10.7 Å². The molecule has 0 unspecified atom stereocenters. The second-order valence-corrected chi connectivity index (χ2v) is 5.86. The van der Waals surface area contributed by atoms with Crippen LogP contribution in [0.25, 0.3) is 10.8 Å². The van der Waals surface area contributed by atoms with Crippen LogP contribution in [-0.2, 0) is 0 Å². The number of carbonyl (C=O) groups is 1. The van der Waals surface area contributed by atoms with E-state index < -0.39 is 0 Å². The molecule has 120 valence electrons. The van der Waals surface area contributed by atoms with E-state index in [9.17, 15) is 4.79 Å². The second kappa shape index (κ2) is 6.06. The Balaban J connectivity index is 1.69. The van der Waals surface area contributed by atoms with Gasteiger partial charge in [-0.25, -0.2) is 0 Å². The van der Waals surface area contributed by atoms with Gasteiger partial charge in [-0.05, 0) is 16.8 Å². The quantitative estimate of drug-likeness (QED) is 0.747. The van der Waals surface area contributed by atoms with Crippen LogP contribution in [0.3, 0.4) is 0 Å². The lowest BCUT2D eigenvalue weighted by molar-refractivity contribution is 0.102. The minimum atomic E-state index is -0.217. The number of fused-ring (bicyclic) bond motifs is 2. The molecule has 0 radical (unpaired) electrons. The first-order chi connectivity index (χ1) is 11.7. The van der Waals surface area contributed by atoms with E-state index in [0.717, 1.165) is 10.8 Å². The molecule has 1 N–H and O–H groups in total. The Bertz CT molecular complexity index is 934. The van der Waals surface area contributed by atoms with E-state index >= 15 is 0 Å². The minimum absolute atomic E-state index is 0.217. The minimum Gasteiger partial charge on any atom is -0.486 e. The van der Waals surface area contributed by atoms with Crippen molar-refractivity contribution in [3.05, 3.63) is 65.2 Å². The number of hydrogen-bond donors (Lipinski definition) is 1. The highest BCUT2D eigenvalue weighted by Crippen LogP contribution is 2.38. The summed E-state index contributed by atoms with van der Waals surface area (Å²) >= 11 is 6.26. The average molecular weight is 340 g/mol. The Morgan fingerprint density at radius 1 is 0.958 bits per heavy atom. The Morgan fingerprint density at radius 2 is 1.67 bits per heavy atom. The third-order valence-corrected chi connectivity index (χ3v) is 4.23. The summed E-state index contributed by atoms with van der Waals surface area (Å²) in [5.74, 6) is 0.957. The van der Waals surface area contributed by atoms with E-state index in [2.05, 4.69) is 5.32 Å². The molecule has 0 fully saturated rings. The molecule has 24 heavy (non-hydrogen) atoms. The largest absolute Gasteiger partial charge is 0.486 e. The van der Waals surface area contributed by atoms with Crippen molar-refractivity contribution in [1.29, 1.82) is 0 Å². The Hall–Kier alpha value is -2.72. The maximum Gasteiger partial charge on any atom is 0.256 e. The monoisotopic (exact) mass is 339 g/mol. The van der Waals surface area contributed by atoms with Crippen LogP contribution in [0.15, 0.2) is 54.6 Å². The van der Waals surface area contributed by atoms with Gasteiger partial charge in [0.25, 0.3) is 5.91 Å². The van der Waals surface area contributed by atoms with Gasteiger partial charge in [0.1, 0.15) is 13.2 Å². The zero-order valence-electron chi connectivity index (χ0n) is 12.7. The van der Waals surface area contributed by atoms with Gasteiger partial charge >= 0.3 is 0 Å². The van der Waals surface area contributed by atoms with Crippen LogP contribution in [0, 0.1) is 0 Å². The fourth-order valence-electron chi connectivity index (χ4n) is 2.77. The van der Waals surface area contributed by atoms with Crippen molar-refractivity contribution in [3.63, 3.8) is 0 Å². The van der Waals surface area contributed by atoms with E-state index in [0.29, 0.717) is 41.0 Å². The molecule has 3 aromatic carbocycles. The first-order valence-electron chi connectivity index (χ1n) is 7.60. The molecule has 0 saturated heterocycles. The standard InChI is InChI=1S/C19H14ClNO3/c20-15-10-17-18(24-9-8-23-17)11-16(15)21-19(22)14-7-3-5-12-4-1-2-6-13(12)14/h1-7,10-11H,8-9H2,(H,21,22). The number of rotatable bonds is 2. The highest BCUT2D eigenvalue weighted by Gasteiger charge is 2.17. The molecule has 3 aromatic rings. The number of anilines is 1. The number of carbonyl (C=O) groups excluding carboxylic acids is 1. The van der Waals surface area contributed by atoms with Gasteiger partial charge in [-0.2, -0.15) is 0 Å². The van der Waals surface area contributed by atoms with Crippen LogP contribution in [0.2, 0.25) is 5.02 Å². The van der Waals surface area contributed by atoms with Crippen molar-refractivity contribution in [2.45, 2.75) is 0 Å². The third-order valence-electron chi connectivity index (χ3n) is 3.91. The van der Waals surface area contributed by atoms with Crippen LogP contribution in [0.1, 0.15) is 10.4 Å². The first kappa shape index (κ1) is 14.8. The van der Waals surface area contributed by atoms with Crippen molar-refractivity contribution in [1.82, 2.24) is 0 Å². The van der Waals surface area contributed by atoms with Crippen LogP contribution in [-0.4, -0.2) is 19.1 Å². The topological polar surface area (TPSA) is 47.6 Å². The number of nitrogens with one attached hydrogen (secondary N) is 1. The number of halogens is 1. The summed E-state index contributed by atoms with van der Waals surface area (Å²) in [6.45, 7) is 0.969. The molecule has 4 rings (SSSR count). The highest BCUT2D eigenvalue weighted by molar-refractivity contribution is 6.34. The lowest BCUT2D eigenvalue weighted by Crippen LogP contribution is -2.17. The lowest BCUT2D eigenvalue weighted by Gasteiger charge is -2.20. The number of ether oxygens (including phenoxy) is 2. The van der Waals surface area contributed by atoms with Crippen molar-refractivity contribution in [2.24, 2.45) is 0 Å². The summed E-state index contributed by atoms with van der Waals surface area (Å²) in [4.78, 5) is 12.7. The van der Waals surface area contributed by atoms with E-state index in [4.69, 9.17) is 21.1 Å². The van der Waals surface area contributed by atoms with Crippen molar-refractivity contribution in [2.75, 3.05) is 18.5 Å². The molecule has 0 atom stereocenters. The van der Waals surface area contributed by atoms with E-state index in [-0.39, 0.29) is 5.91 Å². The number of benzene rings is 3. The molecular weight excluding hydrogens is 326 g/mol. The molecule has 1 heterocycles. The Morgan fingerprint density at radius 3 is 2.50 bits per heavy atom. The maximum atomic E-state index is 12.7. The smallest absolute Gasteiger partial charge is 0.256 e. The van der Waals surface area contributed by atoms with Gasteiger partial charge in [-0.1, -0.05) is 48.0 Å². The van der Waals surface area contributed by atoms with Crippen LogP contribution < -0.4 is 14.8 Å². The molecule has 0 bridgehead atoms. The molecule has 5 heteroatoms. The molecular formula is C19H14ClNO3. The van der Waals surface area contributed by atoms with Gasteiger partial charge in [0.2, 0.25) is 0 Å². The summed E-state index contributed by atoms with van der Waals surface area (Å²) in [6.07, 6.45) is 0. The molecule has 0 aromatic heterocycles. The zero-order valence-corrected chi connectivity index (χ0v) is 13.5. The summed E-state index contributed by atoms with van der Waals surface area (Å²) < 4.78 is 11.0. The summed E-state index contributed by atoms with van der Waals surface area (Å²) in [6, 6.07) is 16.8. The normalized spacial score (nSPS) is 12.9. The molecule has 1 aliphatic rings. The van der Waals surface area contributed by atoms with Gasteiger partial charge in [-0.3, -0.25) is 4.79 Å². The van der Waals surface area contributed by atoms with Crippen LogP contribution in [0.4, 0.5) is 5.69 Å². The first-order valence-corrected chi connectivity index (χ1v) is 7.98. The van der Waals surface area contributed by atoms with Crippen molar-refractivity contribution >= 4 is 34.0 Å². The molecule has 1 amide bonds. The van der Waals surface area contributed by atoms with E-state index in [1.54, 1.807) is 18.2 Å². The van der Waals surface area contributed by atoms with E-state index in [1.165, 1.54) is 0 Å². The van der Waals surface area contributed by atoms with Crippen molar-refractivity contribution < 1.29 is 14.3 Å². The van der Waals surface area contributed by atoms with E-state index in [1.807, 2.05) is 36.4 Å². The fourth-order valence-corrected chi connectivity index (χ4v) is 2.97. The second-order valence-electron chi connectivity index (χ2n) is 5.46. The summed E-state index contributed by atoms with van der Waals surface area (Å²) in [5, 5.41) is 5.18. The maximum absolute atomic E-state index is 12.7. The van der Waals surface area contributed by atoms with Crippen molar-refractivity contribution in [3.8, 4) is 11.5 Å². The Kier molecular flexibility index (Phi) is 3.75. The number of hydrogen-bond acceptors (Lipinski definition) is 3. The van der Waals surface area contributed by atoms with Gasteiger partial charge in [0, 0.05) is 17.7 Å². The Labute approximate surface area is 144 Å². The number of amides is 1. The van der Waals surface area contributed by atoms with Gasteiger partial charge < -0.3 is 14.8 Å². The highest BCUT2D eigenvalue weighted by atomic mass is 35.5. The predicted molar refractivity (Wildman–Crippen MR) is 94.3 cm³/mol. The zero-order chi connectivity index (χ0) is 16.5. The SMILES string of the molecule is O=C(Nc1cc2c(cc1Cl)OCCO2)c1cccc2ccccc12. The van der Waals surface area contributed by atoms with Crippen LogP contribution in [0.5, 0.6) is 11.5 Å². The van der Waals surface area contributed by atoms with Gasteiger partial charge in [0.15, 0.2) is 11.5 Å². The third kappa shape index (κ3) is 2.65. The predicted octanol–water partition coefficient (Wildman–Crippen LogP) is 4.52. The molecule has 0 aliphatic carbocycles. The molecule has 0 saturated carbocycles. The summed E-state index contributed by atoms with van der Waals surface area (Å²) in [5.41, 5.74) is 1.10. The molecule has 4 nitrogen and oxygen atoms in total. The summed E-state index contributed by atoms with van der Waals surface area (Å²) in [7, 11) is 0. The van der Waals surface area contributed by atoms with Gasteiger partial charge in [-0.15, -0.1) is 0 Å². The lowest BCUT2D eigenvalue weighted by atomic mass is 10.0. The average Bonchev–Trinajstić information content (AvgIpc) is 2.62. The van der Waals surface area contributed by atoms with Crippen LogP contribution >= 0.6 is 11.6 Å². The molecule has 1 aliphatic heterocycles. The fraction of sp³-hybridized carbons (Fsp3) is 0.105.